The van der Waals surface area contributed by atoms with Crippen LogP contribution in [0.25, 0.3) is 0 Å². The molecule has 0 aromatic heterocycles. The minimum atomic E-state index is -2.61. The Morgan fingerprint density at radius 3 is 2.28 bits per heavy atom. The van der Waals surface area contributed by atoms with Crippen molar-refractivity contribution in [1.29, 1.82) is 5.26 Å². The first-order chi connectivity index (χ1) is 15.4. The van der Waals surface area contributed by atoms with E-state index in [2.05, 4.69) is 11.0 Å². The van der Waals surface area contributed by atoms with Crippen molar-refractivity contribution in [3.05, 3.63) is 101 Å². The first-order valence-corrected chi connectivity index (χ1v) is 10.6. The van der Waals surface area contributed by atoms with Crippen molar-refractivity contribution in [3.8, 4) is 6.07 Å². The summed E-state index contributed by atoms with van der Waals surface area (Å²) in [5, 5.41) is 30.9. The van der Waals surface area contributed by atoms with Crippen molar-refractivity contribution in [1.82, 2.24) is 4.90 Å². The van der Waals surface area contributed by atoms with Gasteiger partial charge in [0.25, 0.3) is 11.7 Å². The molecule has 0 saturated carbocycles. The average Bonchev–Trinajstić information content (AvgIpc) is 2.84. The van der Waals surface area contributed by atoms with Crippen LogP contribution in [-0.2, 0) is 10.6 Å². The third-order valence-corrected chi connectivity index (χ3v) is 6.02. The highest BCUT2D eigenvalue weighted by Crippen LogP contribution is 2.36. The number of carbonyl (C=O) groups is 1. The van der Waals surface area contributed by atoms with Crippen LogP contribution < -0.4 is 4.90 Å². The Morgan fingerprint density at radius 2 is 1.66 bits per heavy atom. The van der Waals surface area contributed by atoms with Gasteiger partial charge in [0.1, 0.15) is 0 Å². The number of carbonyl (C=O) groups excluding carboxylic acids is 1. The number of nitrogens with zero attached hydrogens (tertiary/aromatic N) is 3. The van der Waals surface area contributed by atoms with Crippen molar-refractivity contribution >= 4 is 23.2 Å². The Hall–Kier alpha value is -3.37. The van der Waals surface area contributed by atoms with Gasteiger partial charge in [0, 0.05) is 25.2 Å². The molecule has 3 aromatic rings. The van der Waals surface area contributed by atoms with Crippen LogP contribution in [0, 0.1) is 11.3 Å². The van der Waals surface area contributed by atoms with Crippen molar-refractivity contribution < 1.29 is 15.0 Å². The molecule has 1 saturated heterocycles. The molecule has 4 rings (SSSR count). The summed E-state index contributed by atoms with van der Waals surface area (Å²) in [6.45, 7) is 0.963. The maximum Gasteiger partial charge on any atom is 0.287 e. The zero-order chi connectivity index (χ0) is 22.7. The number of amides is 1. The van der Waals surface area contributed by atoms with E-state index in [4.69, 9.17) is 16.9 Å². The average molecular weight is 448 g/mol. The van der Waals surface area contributed by atoms with E-state index >= 15 is 0 Å². The number of aliphatic hydroxyl groups is 2. The Balaban J connectivity index is 1.66. The summed E-state index contributed by atoms with van der Waals surface area (Å²) < 4.78 is 0. The van der Waals surface area contributed by atoms with Crippen molar-refractivity contribution in [3.63, 3.8) is 0 Å². The third kappa shape index (κ3) is 4.19. The lowest BCUT2D eigenvalue weighted by atomic mass is 9.99. The Bertz CT molecular complexity index is 1150. The third-order valence-electron chi connectivity index (χ3n) is 5.71. The van der Waals surface area contributed by atoms with Crippen LogP contribution in [0.3, 0.4) is 0 Å². The van der Waals surface area contributed by atoms with Crippen LogP contribution in [0.5, 0.6) is 0 Å². The molecule has 7 heteroatoms. The fraction of sp³-hybridized carbons (Fsp3) is 0.200. The highest BCUT2D eigenvalue weighted by molar-refractivity contribution is 6.33. The fourth-order valence-corrected chi connectivity index (χ4v) is 4.33. The molecular weight excluding hydrogens is 426 g/mol. The Morgan fingerprint density at radius 1 is 1.00 bits per heavy atom. The Kier molecular flexibility index (Phi) is 6.15. The first-order valence-electron chi connectivity index (χ1n) is 10.2. The number of anilines is 1. The standard InChI is InChI=1S/C25H22ClN3O3/c26-21-15-18(16-27)11-12-22(21)29-14-13-28(17-23(29)19-7-3-1-4-8-19)24(30)25(31,32)20-9-5-2-6-10-20/h1-12,15,23,31-32H,13-14,17H2/t23-/m0/s1. The second-order valence-electron chi connectivity index (χ2n) is 7.69. The molecule has 1 atom stereocenters. The first kappa shape index (κ1) is 21.8. The SMILES string of the molecule is N#Cc1ccc(N2CCN(C(=O)C(O)(O)c3ccccc3)C[C@H]2c2ccccc2)c(Cl)c1. The van der Waals surface area contributed by atoms with Gasteiger partial charge < -0.3 is 20.0 Å². The van der Waals surface area contributed by atoms with E-state index in [1.807, 2.05) is 30.3 Å². The topological polar surface area (TPSA) is 87.8 Å². The van der Waals surface area contributed by atoms with Crippen LogP contribution in [-0.4, -0.2) is 40.7 Å². The monoisotopic (exact) mass is 447 g/mol. The van der Waals surface area contributed by atoms with Crippen molar-refractivity contribution in [2.24, 2.45) is 0 Å². The second kappa shape index (κ2) is 9.01. The zero-order valence-corrected chi connectivity index (χ0v) is 18.0. The smallest absolute Gasteiger partial charge is 0.287 e. The summed E-state index contributed by atoms with van der Waals surface area (Å²) in [5.41, 5.74) is 2.32. The van der Waals surface area contributed by atoms with Gasteiger partial charge in [-0.05, 0) is 23.8 Å². The molecule has 1 aliphatic rings. The van der Waals surface area contributed by atoms with Crippen molar-refractivity contribution in [2.75, 3.05) is 24.5 Å². The molecule has 1 amide bonds. The summed E-state index contributed by atoms with van der Waals surface area (Å²) >= 11 is 6.49. The van der Waals surface area contributed by atoms with Gasteiger partial charge in [-0.2, -0.15) is 5.26 Å². The lowest BCUT2D eigenvalue weighted by Crippen LogP contribution is -2.56. The number of benzene rings is 3. The van der Waals surface area contributed by atoms with Crippen LogP contribution in [0.2, 0.25) is 5.02 Å². The highest BCUT2D eigenvalue weighted by Gasteiger charge is 2.42. The lowest BCUT2D eigenvalue weighted by Gasteiger charge is -2.44. The number of nitriles is 1. The van der Waals surface area contributed by atoms with Gasteiger partial charge in [-0.25, -0.2) is 0 Å². The van der Waals surface area contributed by atoms with Gasteiger partial charge in [0.05, 0.1) is 28.4 Å². The highest BCUT2D eigenvalue weighted by atomic mass is 35.5. The van der Waals surface area contributed by atoms with E-state index in [-0.39, 0.29) is 24.7 Å². The molecular formula is C25H22ClN3O3. The predicted octanol–water partition coefficient (Wildman–Crippen LogP) is 3.44. The molecule has 3 aromatic carbocycles. The zero-order valence-electron chi connectivity index (χ0n) is 17.2. The van der Waals surface area contributed by atoms with E-state index in [1.54, 1.807) is 36.4 Å². The largest absolute Gasteiger partial charge is 0.360 e. The summed E-state index contributed by atoms with van der Waals surface area (Å²) in [5.74, 6) is -3.38. The van der Waals surface area contributed by atoms with E-state index < -0.39 is 11.7 Å². The predicted molar refractivity (Wildman–Crippen MR) is 122 cm³/mol. The quantitative estimate of drug-likeness (QED) is 0.598. The second-order valence-corrected chi connectivity index (χ2v) is 8.09. The minimum Gasteiger partial charge on any atom is -0.360 e. The van der Waals surface area contributed by atoms with E-state index in [0.29, 0.717) is 17.1 Å². The van der Waals surface area contributed by atoms with Gasteiger partial charge >= 0.3 is 0 Å². The molecule has 0 bridgehead atoms. The molecule has 6 nitrogen and oxygen atoms in total. The Labute approximate surface area is 191 Å². The maximum atomic E-state index is 13.1. The number of piperazine rings is 1. The number of hydrogen-bond acceptors (Lipinski definition) is 5. The summed E-state index contributed by atoms with van der Waals surface area (Å²) in [7, 11) is 0. The molecule has 1 aliphatic heterocycles. The van der Waals surface area contributed by atoms with E-state index in [1.165, 1.54) is 17.0 Å². The summed E-state index contributed by atoms with van der Waals surface area (Å²) in [6.07, 6.45) is 0. The molecule has 162 valence electrons. The van der Waals surface area contributed by atoms with Gasteiger partial charge in [0.2, 0.25) is 0 Å². The summed E-state index contributed by atoms with van der Waals surface area (Å²) in [6, 6.07) is 24.7. The molecule has 0 spiro atoms. The van der Waals surface area contributed by atoms with E-state index in [0.717, 1.165) is 11.3 Å². The minimum absolute atomic E-state index is 0.124. The number of rotatable bonds is 4. The molecule has 32 heavy (non-hydrogen) atoms. The lowest BCUT2D eigenvalue weighted by molar-refractivity contribution is -0.201. The molecule has 1 fully saturated rings. The van der Waals surface area contributed by atoms with E-state index in [9.17, 15) is 15.0 Å². The molecule has 0 unspecified atom stereocenters. The van der Waals surface area contributed by atoms with Gasteiger partial charge in [-0.15, -0.1) is 0 Å². The normalized spacial score (nSPS) is 16.5. The fourth-order valence-electron chi connectivity index (χ4n) is 4.04. The van der Waals surface area contributed by atoms with Gasteiger partial charge in [0.15, 0.2) is 0 Å². The van der Waals surface area contributed by atoms with Crippen molar-refractivity contribution in [2.45, 2.75) is 11.8 Å². The molecule has 1 heterocycles. The molecule has 0 radical (unpaired) electrons. The van der Waals surface area contributed by atoms with Gasteiger partial charge in [-0.1, -0.05) is 72.3 Å². The van der Waals surface area contributed by atoms with Crippen LogP contribution in [0.15, 0.2) is 78.9 Å². The number of hydrogen-bond donors (Lipinski definition) is 2. The summed E-state index contributed by atoms with van der Waals surface area (Å²) in [4.78, 5) is 16.7. The molecule has 0 aliphatic carbocycles. The molecule has 2 N–H and O–H groups in total. The van der Waals surface area contributed by atoms with Crippen LogP contribution in [0.1, 0.15) is 22.7 Å². The van der Waals surface area contributed by atoms with Crippen LogP contribution >= 0.6 is 11.6 Å². The number of halogens is 1. The maximum absolute atomic E-state index is 13.1. The van der Waals surface area contributed by atoms with Gasteiger partial charge in [-0.3, -0.25) is 4.79 Å². The van der Waals surface area contributed by atoms with Crippen LogP contribution in [0.4, 0.5) is 5.69 Å².